The largest absolute Gasteiger partial charge is 0.497 e. The van der Waals surface area contributed by atoms with Gasteiger partial charge in [-0.05, 0) is 51.5 Å². The molecule has 3 rings (SSSR count). The van der Waals surface area contributed by atoms with Crippen LogP contribution in [0.3, 0.4) is 0 Å². The van der Waals surface area contributed by atoms with Crippen molar-refractivity contribution in [1.82, 2.24) is 9.47 Å². The number of nitrogens with zero attached hydrogens (tertiary/aromatic N) is 2. The number of hydrogen-bond donors (Lipinski definition) is 0. The quantitative estimate of drug-likeness (QED) is 0.835. The van der Waals surface area contributed by atoms with Crippen molar-refractivity contribution >= 4 is 5.91 Å². The van der Waals surface area contributed by atoms with Gasteiger partial charge in [-0.25, -0.2) is 0 Å². The maximum absolute atomic E-state index is 12.9. The number of carbonyl (C=O) groups excluding carboxylic acids is 1. The van der Waals surface area contributed by atoms with E-state index < -0.39 is 0 Å². The summed E-state index contributed by atoms with van der Waals surface area (Å²) in [5, 5.41) is 0. The van der Waals surface area contributed by atoms with Gasteiger partial charge in [-0.3, -0.25) is 4.79 Å². The van der Waals surface area contributed by atoms with Crippen LogP contribution < -0.4 is 9.47 Å². The van der Waals surface area contributed by atoms with Gasteiger partial charge in [0.25, 0.3) is 5.91 Å². The number of carbonyl (C=O) groups is 1. The van der Waals surface area contributed by atoms with Gasteiger partial charge in [0.05, 0.1) is 19.8 Å². The van der Waals surface area contributed by atoms with Crippen LogP contribution in [0.1, 0.15) is 49.0 Å². The first-order chi connectivity index (χ1) is 12.3. The summed E-state index contributed by atoms with van der Waals surface area (Å²) < 4.78 is 13.0. The third-order valence-corrected chi connectivity index (χ3v) is 5.07. The van der Waals surface area contributed by atoms with Gasteiger partial charge < -0.3 is 18.9 Å². The van der Waals surface area contributed by atoms with E-state index in [4.69, 9.17) is 9.47 Å². The van der Waals surface area contributed by atoms with Gasteiger partial charge in [0.1, 0.15) is 11.5 Å². The van der Waals surface area contributed by atoms with Crippen LogP contribution in [0.25, 0.3) is 0 Å². The fraction of sp³-hybridized carbons (Fsp3) is 0.476. The van der Waals surface area contributed by atoms with Gasteiger partial charge in [0.15, 0.2) is 0 Å². The highest BCUT2D eigenvalue weighted by molar-refractivity contribution is 5.94. The van der Waals surface area contributed by atoms with Crippen molar-refractivity contribution in [2.24, 2.45) is 0 Å². The van der Waals surface area contributed by atoms with Crippen LogP contribution in [-0.2, 0) is 5.54 Å². The van der Waals surface area contributed by atoms with E-state index in [-0.39, 0.29) is 17.4 Å². The van der Waals surface area contributed by atoms with Gasteiger partial charge in [-0.2, -0.15) is 0 Å². The van der Waals surface area contributed by atoms with Crippen LogP contribution in [0.15, 0.2) is 36.7 Å². The number of aromatic nitrogens is 1. The molecule has 2 heterocycles. The van der Waals surface area contributed by atoms with Gasteiger partial charge in [0, 0.05) is 42.5 Å². The van der Waals surface area contributed by atoms with Crippen molar-refractivity contribution in [2.75, 3.05) is 27.3 Å². The number of rotatable bonds is 4. The van der Waals surface area contributed by atoms with Crippen molar-refractivity contribution in [2.45, 2.75) is 38.6 Å². The molecule has 1 atom stereocenters. The summed E-state index contributed by atoms with van der Waals surface area (Å²) in [6, 6.07) is 7.76. The Balaban J connectivity index is 1.76. The molecule has 0 saturated carbocycles. The lowest BCUT2D eigenvalue weighted by Gasteiger charge is -2.21. The van der Waals surface area contributed by atoms with Crippen molar-refractivity contribution in [1.29, 1.82) is 0 Å². The van der Waals surface area contributed by atoms with Gasteiger partial charge >= 0.3 is 0 Å². The fourth-order valence-electron chi connectivity index (χ4n) is 3.48. The second-order valence-electron chi connectivity index (χ2n) is 7.82. The lowest BCUT2D eigenvalue weighted by atomic mass is 9.97. The topological polar surface area (TPSA) is 43.7 Å². The highest BCUT2D eigenvalue weighted by Crippen LogP contribution is 2.36. The maximum Gasteiger partial charge on any atom is 0.255 e. The van der Waals surface area contributed by atoms with Crippen molar-refractivity contribution < 1.29 is 14.3 Å². The SMILES string of the molecule is COc1ccc(OC)c([C@@H]2CCN(C(=O)c3ccn(C(C)(C)C)c3)C2)c1. The minimum absolute atomic E-state index is 0.0277. The summed E-state index contributed by atoms with van der Waals surface area (Å²) in [7, 11) is 3.34. The van der Waals surface area contributed by atoms with Crippen LogP contribution in [0.2, 0.25) is 0 Å². The van der Waals surface area contributed by atoms with E-state index in [0.717, 1.165) is 35.6 Å². The molecule has 26 heavy (non-hydrogen) atoms. The molecule has 1 saturated heterocycles. The average Bonchev–Trinajstić information content (AvgIpc) is 3.29. The summed E-state index contributed by atoms with van der Waals surface area (Å²) in [5.41, 5.74) is 1.83. The van der Waals surface area contributed by atoms with Crippen molar-refractivity contribution in [3.05, 3.63) is 47.8 Å². The molecule has 1 aromatic heterocycles. The highest BCUT2D eigenvalue weighted by Gasteiger charge is 2.30. The summed E-state index contributed by atoms with van der Waals surface area (Å²) in [5.74, 6) is 2.02. The summed E-state index contributed by atoms with van der Waals surface area (Å²) in [6.45, 7) is 7.83. The van der Waals surface area contributed by atoms with Crippen LogP contribution in [-0.4, -0.2) is 42.7 Å². The monoisotopic (exact) mass is 356 g/mol. The molecule has 0 spiro atoms. The standard InChI is InChI=1S/C21H28N2O3/c1-21(2,3)23-11-9-16(14-23)20(24)22-10-8-15(13-22)18-12-17(25-4)6-7-19(18)26-5/h6-7,9,11-12,14-15H,8,10,13H2,1-5H3/t15-/m1/s1. The Kier molecular flexibility index (Phi) is 4.99. The molecule has 5 heteroatoms. The van der Waals surface area contributed by atoms with Gasteiger partial charge in [-0.15, -0.1) is 0 Å². The smallest absolute Gasteiger partial charge is 0.255 e. The Hall–Kier alpha value is -2.43. The first-order valence-corrected chi connectivity index (χ1v) is 9.03. The van der Waals surface area contributed by atoms with Crippen molar-refractivity contribution in [3.8, 4) is 11.5 Å². The van der Waals surface area contributed by atoms with E-state index in [1.54, 1.807) is 14.2 Å². The Morgan fingerprint density at radius 1 is 1.15 bits per heavy atom. The molecular formula is C21H28N2O3. The minimum atomic E-state index is -0.0277. The van der Waals surface area contributed by atoms with E-state index in [1.807, 2.05) is 41.6 Å². The molecule has 0 N–H and O–H groups in total. The summed E-state index contributed by atoms with van der Waals surface area (Å²) in [4.78, 5) is 14.8. The van der Waals surface area contributed by atoms with E-state index in [2.05, 4.69) is 25.3 Å². The molecule has 1 amide bonds. The third-order valence-electron chi connectivity index (χ3n) is 5.07. The molecule has 0 unspecified atom stereocenters. The second kappa shape index (κ2) is 7.06. The molecule has 1 aliphatic rings. The molecule has 0 aliphatic carbocycles. The number of likely N-dealkylation sites (tertiary alicyclic amines) is 1. The van der Waals surface area contributed by atoms with Crippen molar-refractivity contribution in [3.63, 3.8) is 0 Å². The van der Waals surface area contributed by atoms with E-state index in [9.17, 15) is 4.79 Å². The fourth-order valence-corrected chi connectivity index (χ4v) is 3.48. The lowest BCUT2D eigenvalue weighted by Crippen LogP contribution is -2.28. The Bertz CT molecular complexity index is 789. The predicted octanol–water partition coefficient (Wildman–Crippen LogP) is 3.89. The normalized spacial score (nSPS) is 17.4. The molecule has 1 aromatic carbocycles. The van der Waals surface area contributed by atoms with Crippen LogP contribution >= 0.6 is 0 Å². The second-order valence-corrected chi connectivity index (χ2v) is 7.82. The number of ether oxygens (including phenoxy) is 2. The zero-order chi connectivity index (χ0) is 18.9. The van der Waals surface area contributed by atoms with E-state index in [1.165, 1.54) is 0 Å². The first kappa shape index (κ1) is 18.4. The zero-order valence-corrected chi connectivity index (χ0v) is 16.3. The number of hydrogen-bond acceptors (Lipinski definition) is 3. The Morgan fingerprint density at radius 2 is 1.92 bits per heavy atom. The van der Waals surface area contributed by atoms with Gasteiger partial charge in [0.2, 0.25) is 0 Å². The first-order valence-electron chi connectivity index (χ1n) is 9.03. The van der Waals surface area contributed by atoms with E-state index in [0.29, 0.717) is 6.54 Å². The van der Waals surface area contributed by atoms with Crippen LogP contribution in [0.4, 0.5) is 0 Å². The van der Waals surface area contributed by atoms with E-state index >= 15 is 0 Å². The molecule has 0 radical (unpaired) electrons. The number of methoxy groups -OCH3 is 2. The molecular weight excluding hydrogens is 328 g/mol. The molecule has 2 aromatic rings. The van der Waals surface area contributed by atoms with Gasteiger partial charge in [-0.1, -0.05) is 0 Å². The molecule has 1 aliphatic heterocycles. The summed E-state index contributed by atoms with van der Waals surface area (Å²) >= 11 is 0. The minimum Gasteiger partial charge on any atom is -0.497 e. The third kappa shape index (κ3) is 3.57. The predicted molar refractivity (Wildman–Crippen MR) is 102 cm³/mol. The number of amides is 1. The molecule has 5 nitrogen and oxygen atoms in total. The lowest BCUT2D eigenvalue weighted by molar-refractivity contribution is 0.0790. The maximum atomic E-state index is 12.9. The number of benzene rings is 1. The zero-order valence-electron chi connectivity index (χ0n) is 16.3. The molecule has 0 bridgehead atoms. The van der Waals surface area contributed by atoms with Crippen LogP contribution in [0, 0.1) is 0 Å². The Labute approximate surface area is 155 Å². The highest BCUT2D eigenvalue weighted by atomic mass is 16.5. The molecule has 140 valence electrons. The Morgan fingerprint density at radius 3 is 2.54 bits per heavy atom. The summed E-state index contributed by atoms with van der Waals surface area (Å²) in [6.07, 6.45) is 4.85. The average molecular weight is 356 g/mol. The molecule has 1 fully saturated rings. The van der Waals surface area contributed by atoms with Crippen LogP contribution in [0.5, 0.6) is 11.5 Å².